The molecular formula is C12H14ClNO2. The first-order chi connectivity index (χ1) is 7.49. The van der Waals surface area contributed by atoms with Gasteiger partial charge in [-0.1, -0.05) is 17.7 Å². The monoisotopic (exact) mass is 239 g/mol. The van der Waals surface area contributed by atoms with Gasteiger partial charge in [-0.25, -0.2) is 4.79 Å². The number of anilines is 1. The van der Waals surface area contributed by atoms with Crippen molar-refractivity contribution in [3.8, 4) is 0 Å². The predicted molar refractivity (Wildman–Crippen MR) is 66.1 cm³/mol. The van der Waals surface area contributed by atoms with Gasteiger partial charge in [-0.3, -0.25) is 0 Å². The molecule has 1 aromatic carbocycles. The SMILES string of the molecule is C/C(=C/C(=O)O)CNc1cc(C)ccc1Cl. The lowest BCUT2D eigenvalue weighted by Crippen LogP contribution is -2.05. The lowest BCUT2D eigenvalue weighted by atomic mass is 10.2. The average Bonchev–Trinajstić information content (AvgIpc) is 2.18. The zero-order valence-electron chi connectivity index (χ0n) is 9.25. The van der Waals surface area contributed by atoms with Crippen molar-refractivity contribution in [2.75, 3.05) is 11.9 Å². The van der Waals surface area contributed by atoms with E-state index in [1.165, 1.54) is 6.08 Å². The standard InChI is InChI=1S/C12H14ClNO2/c1-8-3-4-10(13)11(5-8)14-7-9(2)6-12(15)16/h3-6,14H,7H2,1-2H3,(H,15,16)/b9-6-. The zero-order valence-corrected chi connectivity index (χ0v) is 10.0. The minimum Gasteiger partial charge on any atom is -0.478 e. The lowest BCUT2D eigenvalue weighted by molar-refractivity contribution is -0.131. The van der Waals surface area contributed by atoms with E-state index in [0.29, 0.717) is 11.6 Å². The summed E-state index contributed by atoms with van der Waals surface area (Å²) in [6.45, 7) is 4.20. The molecule has 16 heavy (non-hydrogen) atoms. The van der Waals surface area contributed by atoms with Crippen molar-refractivity contribution in [3.63, 3.8) is 0 Å². The number of hydrogen-bond acceptors (Lipinski definition) is 2. The van der Waals surface area contributed by atoms with Crippen molar-refractivity contribution in [2.24, 2.45) is 0 Å². The molecule has 0 saturated carbocycles. The molecule has 0 amide bonds. The molecule has 0 atom stereocenters. The summed E-state index contributed by atoms with van der Waals surface area (Å²) in [6.07, 6.45) is 1.18. The van der Waals surface area contributed by atoms with Gasteiger partial charge in [0.15, 0.2) is 0 Å². The van der Waals surface area contributed by atoms with Crippen LogP contribution in [-0.4, -0.2) is 17.6 Å². The molecule has 3 nitrogen and oxygen atoms in total. The molecule has 4 heteroatoms. The van der Waals surface area contributed by atoms with Crippen molar-refractivity contribution in [1.29, 1.82) is 0 Å². The number of carboxylic acid groups (broad SMARTS) is 1. The van der Waals surface area contributed by atoms with Crippen molar-refractivity contribution >= 4 is 23.3 Å². The van der Waals surface area contributed by atoms with Gasteiger partial charge in [-0.15, -0.1) is 0 Å². The summed E-state index contributed by atoms with van der Waals surface area (Å²) >= 11 is 5.99. The summed E-state index contributed by atoms with van der Waals surface area (Å²) in [6, 6.07) is 5.67. The molecule has 0 aliphatic heterocycles. The highest BCUT2D eigenvalue weighted by Gasteiger charge is 2.00. The molecule has 0 aliphatic carbocycles. The number of aryl methyl sites for hydroxylation is 1. The normalized spacial score (nSPS) is 11.3. The fourth-order valence-electron chi connectivity index (χ4n) is 1.27. The third kappa shape index (κ3) is 3.95. The van der Waals surface area contributed by atoms with Crippen LogP contribution in [0.2, 0.25) is 5.02 Å². The van der Waals surface area contributed by atoms with Crippen LogP contribution in [0.5, 0.6) is 0 Å². The molecular weight excluding hydrogens is 226 g/mol. The second kappa shape index (κ2) is 5.56. The minimum atomic E-state index is -0.936. The van der Waals surface area contributed by atoms with E-state index < -0.39 is 5.97 Å². The van der Waals surface area contributed by atoms with E-state index in [-0.39, 0.29) is 0 Å². The van der Waals surface area contributed by atoms with Gasteiger partial charge in [0.2, 0.25) is 0 Å². The Morgan fingerprint density at radius 1 is 1.56 bits per heavy atom. The van der Waals surface area contributed by atoms with Crippen LogP contribution in [0, 0.1) is 6.92 Å². The molecule has 0 bridgehead atoms. The van der Waals surface area contributed by atoms with Gasteiger partial charge >= 0.3 is 5.97 Å². The summed E-state index contributed by atoms with van der Waals surface area (Å²) in [5.74, 6) is -0.936. The molecule has 0 fully saturated rings. The van der Waals surface area contributed by atoms with E-state index in [0.717, 1.165) is 16.8 Å². The first kappa shape index (κ1) is 12.6. The van der Waals surface area contributed by atoms with Crippen molar-refractivity contribution < 1.29 is 9.90 Å². The number of aliphatic carboxylic acids is 1. The lowest BCUT2D eigenvalue weighted by Gasteiger charge is -2.09. The molecule has 0 radical (unpaired) electrons. The van der Waals surface area contributed by atoms with E-state index in [4.69, 9.17) is 16.7 Å². The van der Waals surface area contributed by atoms with Crippen LogP contribution in [0.25, 0.3) is 0 Å². The molecule has 2 N–H and O–H groups in total. The van der Waals surface area contributed by atoms with Crippen LogP contribution in [0.4, 0.5) is 5.69 Å². The Balaban J connectivity index is 2.68. The molecule has 1 rings (SSSR count). The van der Waals surface area contributed by atoms with Crippen LogP contribution >= 0.6 is 11.6 Å². The Morgan fingerprint density at radius 3 is 2.88 bits per heavy atom. The van der Waals surface area contributed by atoms with Gasteiger partial charge in [0, 0.05) is 12.6 Å². The molecule has 1 aromatic rings. The Morgan fingerprint density at radius 2 is 2.25 bits per heavy atom. The molecule has 0 saturated heterocycles. The highest BCUT2D eigenvalue weighted by Crippen LogP contribution is 2.22. The summed E-state index contributed by atoms with van der Waals surface area (Å²) < 4.78 is 0. The van der Waals surface area contributed by atoms with Crippen LogP contribution < -0.4 is 5.32 Å². The first-order valence-electron chi connectivity index (χ1n) is 4.89. The third-order valence-electron chi connectivity index (χ3n) is 2.05. The first-order valence-corrected chi connectivity index (χ1v) is 5.27. The number of rotatable bonds is 4. The van der Waals surface area contributed by atoms with Gasteiger partial charge in [0.25, 0.3) is 0 Å². The van der Waals surface area contributed by atoms with Crippen molar-refractivity contribution in [1.82, 2.24) is 0 Å². The van der Waals surface area contributed by atoms with Crippen molar-refractivity contribution in [3.05, 3.63) is 40.4 Å². The van der Waals surface area contributed by atoms with E-state index in [1.807, 2.05) is 25.1 Å². The highest BCUT2D eigenvalue weighted by molar-refractivity contribution is 6.33. The van der Waals surface area contributed by atoms with Crippen LogP contribution in [0.15, 0.2) is 29.8 Å². The van der Waals surface area contributed by atoms with E-state index in [9.17, 15) is 4.79 Å². The molecule has 0 spiro atoms. The molecule has 86 valence electrons. The zero-order chi connectivity index (χ0) is 12.1. The second-order valence-corrected chi connectivity index (χ2v) is 4.07. The Bertz CT molecular complexity index is 427. The van der Waals surface area contributed by atoms with Gasteiger partial charge in [0.05, 0.1) is 10.7 Å². The number of carbonyl (C=O) groups is 1. The number of carboxylic acids is 1. The van der Waals surface area contributed by atoms with Gasteiger partial charge in [-0.05, 0) is 37.1 Å². The van der Waals surface area contributed by atoms with E-state index in [1.54, 1.807) is 6.92 Å². The topological polar surface area (TPSA) is 49.3 Å². The Labute approximate surface area is 99.7 Å². The summed E-state index contributed by atoms with van der Waals surface area (Å²) in [4.78, 5) is 10.4. The van der Waals surface area contributed by atoms with Gasteiger partial charge < -0.3 is 10.4 Å². The number of benzene rings is 1. The summed E-state index contributed by atoms with van der Waals surface area (Å²) in [5.41, 5.74) is 2.66. The quantitative estimate of drug-likeness (QED) is 0.794. The molecule has 0 unspecified atom stereocenters. The Kier molecular flexibility index (Phi) is 4.38. The number of halogens is 1. The fourth-order valence-corrected chi connectivity index (χ4v) is 1.46. The smallest absolute Gasteiger partial charge is 0.328 e. The van der Waals surface area contributed by atoms with Crippen LogP contribution in [-0.2, 0) is 4.79 Å². The molecule has 0 aliphatic rings. The summed E-state index contributed by atoms with van der Waals surface area (Å²) in [5, 5.41) is 12.3. The van der Waals surface area contributed by atoms with E-state index >= 15 is 0 Å². The van der Waals surface area contributed by atoms with Crippen LogP contribution in [0.1, 0.15) is 12.5 Å². The van der Waals surface area contributed by atoms with Crippen LogP contribution in [0.3, 0.4) is 0 Å². The minimum absolute atomic E-state index is 0.468. The van der Waals surface area contributed by atoms with E-state index in [2.05, 4.69) is 5.32 Å². The fraction of sp³-hybridized carbons (Fsp3) is 0.250. The third-order valence-corrected chi connectivity index (χ3v) is 2.38. The predicted octanol–water partition coefficient (Wildman–Crippen LogP) is 3.09. The average molecular weight is 240 g/mol. The maximum Gasteiger partial charge on any atom is 0.328 e. The van der Waals surface area contributed by atoms with Crippen molar-refractivity contribution in [2.45, 2.75) is 13.8 Å². The highest BCUT2D eigenvalue weighted by atomic mass is 35.5. The van der Waals surface area contributed by atoms with Gasteiger partial charge in [0.1, 0.15) is 0 Å². The largest absolute Gasteiger partial charge is 0.478 e. The van der Waals surface area contributed by atoms with Gasteiger partial charge in [-0.2, -0.15) is 0 Å². The summed E-state index contributed by atoms with van der Waals surface area (Å²) in [7, 11) is 0. The molecule has 0 heterocycles. The Hall–Kier alpha value is -1.48. The maximum atomic E-state index is 10.4. The number of nitrogens with one attached hydrogen (secondary N) is 1. The maximum absolute atomic E-state index is 10.4. The number of hydrogen-bond donors (Lipinski definition) is 2. The molecule has 0 aromatic heterocycles. The second-order valence-electron chi connectivity index (χ2n) is 3.67.